The third kappa shape index (κ3) is 73.8. The Bertz CT molecular complexity index is 2910. The normalized spacial score (nSPS) is 12.2. The van der Waals surface area contributed by atoms with Gasteiger partial charge in [-0.2, -0.15) is 0 Å². The molecule has 0 saturated heterocycles. The van der Waals surface area contributed by atoms with Crippen LogP contribution in [0.25, 0.3) is 0 Å². The van der Waals surface area contributed by atoms with Crippen molar-refractivity contribution < 1.29 is 172 Å². The first-order chi connectivity index (χ1) is 63.8. The summed E-state index contributed by atoms with van der Waals surface area (Å²) in [5, 5.41) is 0. The Labute approximate surface area is 829 Å². The van der Waals surface area contributed by atoms with Gasteiger partial charge >= 0.3 is 29.6 Å². The number of hydrogen-bond acceptors (Lipinski definition) is 30. The van der Waals surface area contributed by atoms with Gasteiger partial charge in [0.05, 0.1) is 317 Å². The smallest absolute Gasteiger partial charge is 0.491 e. The monoisotopic (exact) mass is 1920 g/mol. The molecule has 0 aliphatic carbocycles. The van der Waals surface area contributed by atoms with Gasteiger partial charge in [0, 0.05) is 18.2 Å². The van der Waals surface area contributed by atoms with Crippen LogP contribution < -0.4 is 58.0 Å². The van der Waals surface area contributed by atoms with Gasteiger partial charge in [-0.05, 0) is 105 Å². The van der Waals surface area contributed by atoms with Crippen LogP contribution in [0, 0.1) is 16.2 Å². The predicted molar refractivity (Wildman–Crippen MR) is 521 cm³/mol. The minimum Gasteiger partial charge on any atom is -0.491 e. The zero-order chi connectivity index (χ0) is 95.3. The second kappa shape index (κ2) is 81.3. The number of rotatable bonds is 93. The molecule has 0 N–H and O–H groups in total. The summed E-state index contributed by atoms with van der Waals surface area (Å²) < 4.78 is 172. The van der Waals surface area contributed by atoms with Crippen LogP contribution in [0.15, 0.2) is 91.0 Å². The average Bonchev–Trinajstić information content (AvgIpc) is 0.834. The fraction of sp³-hybridized carbons (Fsp3) is 0.765. The molecule has 0 radical (unpaired) electrons. The van der Waals surface area contributed by atoms with Crippen molar-refractivity contribution in [1.29, 1.82) is 0 Å². The molecule has 0 amide bonds. The van der Waals surface area contributed by atoms with Crippen molar-refractivity contribution in [2.45, 2.75) is 139 Å². The van der Waals surface area contributed by atoms with Gasteiger partial charge in [-0.25, -0.2) is 0 Å². The molecule has 4 aromatic rings. The van der Waals surface area contributed by atoms with Crippen LogP contribution in [0.5, 0.6) is 34.5 Å². The van der Waals surface area contributed by atoms with Crippen molar-refractivity contribution >= 4 is 8.41 Å². The van der Waals surface area contributed by atoms with Crippen LogP contribution in [0.2, 0.25) is 0 Å². The molecule has 0 aliphatic heterocycles. The second-order valence-corrected chi connectivity index (χ2v) is 36.9. The van der Waals surface area contributed by atoms with E-state index in [0.717, 1.165) is 36.5 Å². The summed E-state index contributed by atoms with van der Waals surface area (Å²) in [6.07, 6.45) is 3.31. The van der Waals surface area contributed by atoms with Gasteiger partial charge in [-0.15, -0.1) is 0 Å². The summed E-state index contributed by atoms with van der Waals surface area (Å²) in [7, 11) is 0. The molecule has 0 atom stereocenters. The van der Waals surface area contributed by atoms with Gasteiger partial charge in [-0.3, -0.25) is 0 Å². The van der Waals surface area contributed by atoms with Crippen molar-refractivity contribution in [2.75, 3.05) is 357 Å². The predicted octanol–water partition coefficient (Wildman–Crippen LogP) is 10.2. The first-order valence-corrected chi connectivity index (χ1v) is 47.9. The number of benzene rings is 4. The van der Waals surface area contributed by atoms with E-state index in [4.69, 9.17) is 142 Å². The summed E-state index contributed by atoms with van der Waals surface area (Å²) in [5.74, 6) is 4.20. The van der Waals surface area contributed by atoms with Crippen molar-refractivity contribution in [3.63, 3.8) is 0 Å². The fourth-order valence-corrected chi connectivity index (χ4v) is 14.3. The second-order valence-electron chi connectivity index (χ2n) is 36.9. The molecule has 4 aromatic carbocycles. The molecule has 0 heterocycles. The Kier molecular flexibility index (Phi) is 76.4. The maximum absolute atomic E-state index is 6.08. The van der Waals surface area contributed by atoms with E-state index in [-0.39, 0.29) is 70.5 Å². The molecular formula is C102H178BNaO30. The zero-order valence-electron chi connectivity index (χ0n) is 84.7. The molecular weight excluding hydrogens is 1740 g/mol. The van der Waals surface area contributed by atoms with Crippen LogP contribution in [0.1, 0.15) is 140 Å². The summed E-state index contributed by atoms with van der Waals surface area (Å²) in [6.45, 7) is 58.3. The van der Waals surface area contributed by atoms with Crippen LogP contribution in [0.4, 0.5) is 0 Å². The molecule has 134 heavy (non-hydrogen) atoms. The van der Waals surface area contributed by atoms with Gasteiger partial charge < -0.3 is 142 Å². The molecule has 0 bridgehead atoms. The average molecular weight is 1920 g/mol. The summed E-state index contributed by atoms with van der Waals surface area (Å²) in [5.41, 5.74) is 5.02. The Hall–Kier alpha value is -4.22. The van der Waals surface area contributed by atoms with Crippen LogP contribution in [-0.2, 0) is 130 Å². The molecule has 32 heteroatoms. The minimum absolute atomic E-state index is 0. The van der Waals surface area contributed by atoms with E-state index in [0.29, 0.717) is 374 Å². The summed E-state index contributed by atoms with van der Waals surface area (Å²) in [4.78, 5) is 0. The van der Waals surface area contributed by atoms with Crippen LogP contribution >= 0.6 is 0 Å². The van der Waals surface area contributed by atoms with E-state index < -0.39 is 0 Å². The molecule has 0 spiro atoms. The topological polar surface area (TPSA) is 277 Å². The first kappa shape index (κ1) is 126. The Morgan fingerprint density at radius 3 is 0.343 bits per heavy atom. The van der Waals surface area contributed by atoms with E-state index in [1.54, 1.807) is 18.2 Å². The molecule has 0 fully saturated rings. The standard InChI is InChI=1S/C102H174O30.BH4.Na/c1-97(2,3)85-100(10,11)88-16-22-91(23-17-88)127-76-70-121-64-58-115-52-46-109-40-34-103-28-31-106-37-43-112-49-55-118-61-67-124-73-79-130-94-82-95(131-80-74-125-68-62-119-56-50-113-44-38-107-32-29-104-35-41-110-47-53-116-59-65-122-71-77-128-92-24-18-89(19-25-92)101(12,13)86-98(4,5)6)84-96(83-94)132-81-75-126-69-63-120-57-51-114-45-39-108-33-30-105-36-42-111-48-54-117-60-66-123-72-78-129-93-26-20-90(21-27-93)102(14,15)87-99(7,8)9;;/h16-27,82-84H,28-81,85-87H2,1-15H3;1H4;/q;-1;+1. The molecule has 0 aromatic heterocycles. The quantitative estimate of drug-likeness (QED) is 0.0293. The van der Waals surface area contributed by atoms with Crippen molar-refractivity contribution in [3.8, 4) is 34.5 Å². The van der Waals surface area contributed by atoms with Gasteiger partial charge in [0.2, 0.25) is 0 Å². The largest absolute Gasteiger partial charge is 1.00 e. The van der Waals surface area contributed by atoms with Gasteiger partial charge in [-0.1, -0.05) is 149 Å². The van der Waals surface area contributed by atoms with Crippen molar-refractivity contribution in [1.82, 2.24) is 0 Å². The minimum atomic E-state index is 0. The third-order valence-corrected chi connectivity index (χ3v) is 19.5. The molecule has 0 saturated carbocycles. The Morgan fingerprint density at radius 1 is 0.142 bits per heavy atom. The van der Waals surface area contributed by atoms with Crippen molar-refractivity contribution in [2.24, 2.45) is 16.2 Å². The Balaban J connectivity index is 0.0000304. The zero-order valence-corrected chi connectivity index (χ0v) is 86.7. The fourth-order valence-electron chi connectivity index (χ4n) is 14.3. The first-order valence-electron chi connectivity index (χ1n) is 47.9. The van der Waals surface area contributed by atoms with E-state index in [2.05, 4.69) is 140 Å². The number of ether oxygens (including phenoxy) is 30. The molecule has 0 aliphatic rings. The Morgan fingerprint density at radius 2 is 0.239 bits per heavy atom. The molecule has 0 unspecified atom stereocenters. The molecule has 4 rings (SSSR count). The number of hydrogen-bond donors (Lipinski definition) is 0. The van der Waals surface area contributed by atoms with E-state index >= 15 is 0 Å². The van der Waals surface area contributed by atoms with Gasteiger partial charge in [0.15, 0.2) is 0 Å². The van der Waals surface area contributed by atoms with E-state index in [1.165, 1.54) is 16.7 Å². The maximum atomic E-state index is 6.08. The van der Waals surface area contributed by atoms with Crippen molar-refractivity contribution in [3.05, 3.63) is 108 Å². The van der Waals surface area contributed by atoms with E-state index in [9.17, 15) is 0 Å². The van der Waals surface area contributed by atoms with E-state index in [1.807, 2.05) is 36.4 Å². The van der Waals surface area contributed by atoms with Crippen LogP contribution in [0.3, 0.4) is 0 Å². The summed E-state index contributed by atoms with van der Waals surface area (Å²) >= 11 is 0. The third-order valence-electron chi connectivity index (χ3n) is 19.5. The SMILES string of the molecule is CC(C)(C)CC(C)(C)c1ccc(OCCOCCOCCOCCOCCOCCOCCOCCOCCOc2cc(OCCOCCOCCOCCOCCOCCOCCOCCOCCOc3ccc(C(C)(C)CC(C)(C)C)cc3)cc(OCCOCCOCCOCCOCCOCCOCCOCCOCCOc3ccc(C(C)(C)CC(C)(C)C)cc3)c2)cc1.[BH4-].[Na+]. The van der Waals surface area contributed by atoms with Crippen LogP contribution in [-0.4, -0.2) is 365 Å². The van der Waals surface area contributed by atoms with Gasteiger partial charge in [0.25, 0.3) is 0 Å². The maximum Gasteiger partial charge on any atom is 1.00 e. The molecule has 30 nitrogen and oxygen atoms in total. The molecule has 770 valence electrons. The van der Waals surface area contributed by atoms with Gasteiger partial charge in [0.1, 0.15) is 74.1 Å². The summed E-state index contributed by atoms with van der Waals surface area (Å²) in [6, 6.07) is 30.6.